The zero-order valence-electron chi connectivity index (χ0n) is 19.5. The molecule has 0 bridgehead atoms. The zero-order chi connectivity index (χ0) is 25.5. The molecule has 37 heavy (non-hydrogen) atoms. The van der Waals surface area contributed by atoms with E-state index in [1.165, 1.54) is 18.7 Å². The molecule has 6 rings (SSSR count). The highest BCUT2D eigenvalue weighted by Gasteiger charge is 2.29. The Hall–Kier alpha value is -4.51. The fourth-order valence-electron chi connectivity index (χ4n) is 4.79. The Morgan fingerprint density at radius 2 is 1.89 bits per heavy atom. The van der Waals surface area contributed by atoms with Crippen LogP contribution < -0.4 is 10.6 Å². The van der Waals surface area contributed by atoms with Crippen molar-refractivity contribution in [1.82, 2.24) is 24.6 Å². The van der Waals surface area contributed by atoms with Gasteiger partial charge in [-0.15, -0.1) is 5.10 Å². The Labute approximate surface area is 209 Å². The molecule has 1 amide bonds. The van der Waals surface area contributed by atoms with E-state index in [0.29, 0.717) is 29.6 Å². The summed E-state index contributed by atoms with van der Waals surface area (Å²) in [5.41, 5.74) is 8.16. The van der Waals surface area contributed by atoms with Crippen molar-refractivity contribution in [2.75, 3.05) is 31.2 Å². The van der Waals surface area contributed by atoms with Crippen LogP contribution in [0.3, 0.4) is 0 Å². The summed E-state index contributed by atoms with van der Waals surface area (Å²) >= 11 is 0. The van der Waals surface area contributed by atoms with Gasteiger partial charge in [-0.1, -0.05) is 0 Å². The molecule has 186 valence electrons. The second kappa shape index (κ2) is 9.17. The van der Waals surface area contributed by atoms with Crippen molar-refractivity contribution in [3.8, 4) is 11.3 Å². The molecule has 0 spiro atoms. The monoisotopic (exact) mass is 501 g/mol. The maximum atomic E-state index is 15.2. The lowest BCUT2D eigenvalue weighted by Gasteiger charge is -2.29. The van der Waals surface area contributed by atoms with Crippen molar-refractivity contribution < 1.29 is 18.3 Å². The predicted molar refractivity (Wildman–Crippen MR) is 132 cm³/mol. The number of aromatic nitrogens is 5. The summed E-state index contributed by atoms with van der Waals surface area (Å²) in [6, 6.07) is 11.1. The van der Waals surface area contributed by atoms with E-state index in [2.05, 4.69) is 25.1 Å². The van der Waals surface area contributed by atoms with Gasteiger partial charge in [0.25, 0.3) is 0 Å². The van der Waals surface area contributed by atoms with Crippen LogP contribution in [0.25, 0.3) is 27.7 Å². The number of carbonyl (C=O) groups is 1. The van der Waals surface area contributed by atoms with Crippen molar-refractivity contribution in [2.45, 2.75) is 5.92 Å². The van der Waals surface area contributed by atoms with Crippen LogP contribution in [0.2, 0.25) is 0 Å². The maximum Gasteiger partial charge on any atom is 0.231 e. The van der Waals surface area contributed by atoms with E-state index in [4.69, 9.17) is 10.5 Å². The molecule has 1 unspecified atom stereocenters. The first-order chi connectivity index (χ1) is 18.0. The Kier molecular flexibility index (Phi) is 5.68. The third-order valence-corrected chi connectivity index (χ3v) is 6.59. The number of ether oxygens (including phenoxy) is 1. The van der Waals surface area contributed by atoms with Gasteiger partial charge in [0, 0.05) is 47.6 Å². The van der Waals surface area contributed by atoms with Gasteiger partial charge < -0.3 is 19.8 Å². The molecule has 0 aliphatic carbocycles. The number of nitrogens with zero attached hydrogens (tertiary/aromatic N) is 6. The zero-order valence-corrected chi connectivity index (χ0v) is 19.5. The van der Waals surface area contributed by atoms with Gasteiger partial charge >= 0.3 is 0 Å². The van der Waals surface area contributed by atoms with Gasteiger partial charge in [0.1, 0.15) is 35.9 Å². The van der Waals surface area contributed by atoms with E-state index < -0.39 is 23.5 Å². The molecule has 5 aromatic rings. The molecule has 0 saturated carbocycles. The summed E-state index contributed by atoms with van der Waals surface area (Å²) in [6.07, 6.45) is 4.51. The fourth-order valence-corrected chi connectivity index (χ4v) is 4.79. The Bertz CT molecular complexity index is 1650. The first kappa shape index (κ1) is 22.9. The van der Waals surface area contributed by atoms with Gasteiger partial charge in [0.2, 0.25) is 5.91 Å². The van der Waals surface area contributed by atoms with Crippen molar-refractivity contribution in [1.29, 1.82) is 0 Å². The number of morpholine rings is 1. The second-order valence-corrected chi connectivity index (χ2v) is 8.73. The molecule has 1 aliphatic heterocycles. The van der Waals surface area contributed by atoms with Crippen LogP contribution in [0.4, 0.5) is 14.5 Å². The molecule has 9 nitrogen and oxygen atoms in total. The molecule has 2 N–H and O–H groups in total. The first-order valence-corrected chi connectivity index (χ1v) is 11.7. The van der Waals surface area contributed by atoms with E-state index >= 15 is 8.78 Å². The molecule has 1 atom stereocenters. The number of benzene rings is 2. The van der Waals surface area contributed by atoms with E-state index in [1.807, 2.05) is 18.2 Å². The maximum absolute atomic E-state index is 15.2. The standard InChI is InChI=1S/C26H21F2N7O2/c27-19-12-20(28)18(11-17(19)23(26(29)36)25-22-2-1-5-35(22)14-32-33-25)24-16-4-3-15(10-21(16)30-13-31-24)34-6-8-37-9-7-34/h1-5,10-14,23H,6-9H2,(H2,29,36). The Balaban J connectivity index is 1.49. The Morgan fingerprint density at radius 1 is 1.05 bits per heavy atom. The molecular formula is C26H21F2N7O2. The van der Waals surface area contributed by atoms with Gasteiger partial charge in [-0.25, -0.2) is 18.7 Å². The largest absolute Gasteiger partial charge is 0.378 e. The van der Waals surface area contributed by atoms with Crippen LogP contribution >= 0.6 is 0 Å². The Morgan fingerprint density at radius 3 is 2.70 bits per heavy atom. The summed E-state index contributed by atoms with van der Waals surface area (Å²) in [6.45, 7) is 2.79. The minimum absolute atomic E-state index is 0.0180. The SMILES string of the molecule is NC(=O)C(c1cc(-c2ncnc3cc(N4CCOCC4)ccc23)c(F)cc1F)c1nncn2cccc12. The van der Waals surface area contributed by atoms with Gasteiger partial charge in [0.15, 0.2) is 0 Å². The van der Waals surface area contributed by atoms with Gasteiger partial charge in [-0.05, 0) is 36.4 Å². The number of carbonyl (C=O) groups excluding carboxylic acids is 1. The molecule has 4 heterocycles. The third kappa shape index (κ3) is 4.02. The number of anilines is 1. The molecule has 1 aliphatic rings. The highest BCUT2D eigenvalue weighted by molar-refractivity contribution is 5.95. The van der Waals surface area contributed by atoms with Gasteiger partial charge in [0.05, 0.1) is 29.9 Å². The van der Waals surface area contributed by atoms with Crippen LogP contribution in [-0.4, -0.2) is 56.8 Å². The minimum atomic E-state index is -1.30. The quantitative estimate of drug-likeness (QED) is 0.394. The lowest BCUT2D eigenvalue weighted by molar-refractivity contribution is -0.118. The van der Waals surface area contributed by atoms with E-state index in [-0.39, 0.29) is 22.5 Å². The average Bonchev–Trinajstić information content (AvgIpc) is 3.40. The number of primary amides is 1. The summed E-state index contributed by atoms with van der Waals surface area (Å²) in [5.74, 6) is -3.89. The molecule has 1 saturated heterocycles. The van der Waals surface area contributed by atoms with Crippen molar-refractivity contribution in [3.05, 3.63) is 84.2 Å². The molecular weight excluding hydrogens is 480 g/mol. The highest BCUT2D eigenvalue weighted by Crippen LogP contribution is 2.35. The lowest BCUT2D eigenvalue weighted by Crippen LogP contribution is -2.36. The minimum Gasteiger partial charge on any atom is -0.378 e. The predicted octanol–water partition coefficient (Wildman–Crippen LogP) is 3.07. The number of amides is 1. The molecule has 3 aromatic heterocycles. The fraction of sp³-hybridized carbons (Fsp3) is 0.192. The van der Waals surface area contributed by atoms with E-state index in [1.54, 1.807) is 22.7 Å². The normalized spacial score (nSPS) is 14.8. The number of fused-ring (bicyclic) bond motifs is 2. The number of nitrogens with two attached hydrogens (primary N) is 1. The van der Waals surface area contributed by atoms with Gasteiger partial charge in [-0.2, -0.15) is 5.10 Å². The van der Waals surface area contributed by atoms with Crippen LogP contribution in [0.5, 0.6) is 0 Å². The molecule has 2 aromatic carbocycles. The average molecular weight is 501 g/mol. The van der Waals surface area contributed by atoms with E-state index in [0.717, 1.165) is 24.8 Å². The lowest BCUT2D eigenvalue weighted by atomic mass is 9.91. The third-order valence-electron chi connectivity index (χ3n) is 6.59. The van der Waals surface area contributed by atoms with Crippen molar-refractivity contribution >= 4 is 28.0 Å². The molecule has 11 heteroatoms. The second-order valence-electron chi connectivity index (χ2n) is 8.73. The number of hydrogen-bond donors (Lipinski definition) is 1. The van der Waals surface area contributed by atoms with E-state index in [9.17, 15) is 4.79 Å². The highest BCUT2D eigenvalue weighted by atomic mass is 19.1. The number of halogens is 2. The van der Waals surface area contributed by atoms with Crippen LogP contribution in [0.15, 0.2) is 61.3 Å². The number of hydrogen-bond acceptors (Lipinski definition) is 7. The molecule has 0 radical (unpaired) electrons. The summed E-state index contributed by atoms with van der Waals surface area (Å²) in [4.78, 5) is 23.5. The summed E-state index contributed by atoms with van der Waals surface area (Å²) in [5, 5.41) is 8.56. The summed E-state index contributed by atoms with van der Waals surface area (Å²) < 4.78 is 37.5. The summed E-state index contributed by atoms with van der Waals surface area (Å²) in [7, 11) is 0. The van der Waals surface area contributed by atoms with Crippen LogP contribution in [-0.2, 0) is 9.53 Å². The van der Waals surface area contributed by atoms with Crippen molar-refractivity contribution in [3.63, 3.8) is 0 Å². The topological polar surface area (TPSA) is 112 Å². The van der Waals surface area contributed by atoms with Crippen LogP contribution in [0.1, 0.15) is 17.2 Å². The molecule has 1 fully saturated rings. The smallest absolute Gasteiger partial charge is 0.231 e. The first-order valence-electron chi connectivity index (χ1n) is 11.7. The van der Waals surface area contributed by atoms with Gasteiger partial charge in [-0.3, -0.25) is 4.79 Å². The van der Waals surface area contributed by atoms with Crippen molar-refractivity contribution in [2.24, 2.45) is 5.73 Å². The number of rotatable bonds is 5. The van der Waals surface area contributed by atoms with Crippen LogP contribution in [0, 0.1) is 11.6 Å².